The molecule has 2 aromatic rings. The molecule has 1 aromatic carbocycles. The second-order valence-electron chi connectivity index (χ2n) is 5.03. The van der Waals surface area contributed by atoms with Crippen molar-refractivity contribution in [3.05, 3.63) is 28.0 Å². The van der Waals surface area contributed by atoms with Gasteiger partial charge in [-0.2, -0.15) is 0 Å². The van der Waals surface area contributed by atoms with Crippen LogP contribution >= 0.6 is 23.2 Å². The predicted molar refractivity (Wildman–Crippen MR) is 78.3 cm³/mol. The van der Waals surface area contributed by atoms with Crippen LogP contribution < -0.4 is 0 Å². The molecule has 0 saturated heterocycles. The Kier molecular flexibility index (Phi) is 3.38. The molecule has 1 heterocycles. The van der Waals surface area contributed by atoms with Crippen molar-refractivity contribution in [1.82, 2.24) is 9.97 Å². The number of hydrogen-bond acceptors (Lipinski definition) is 3. The average Bonchev–Trinajstić information content (AvgIpc) is 2.71. The maximum absolute atomic E-state index is 12.2. The standard InChI is InChI=1S/C14H14Cl2N2O2/c1-2-20-13(19)14(4-3-5-14)12-17-10-6-8(15)9(16)7-11(10)18-12/h6-7H,2-5H2,1H3,(H,17,18). The number of esters is 1. The Balaban J connectivity index is 2.06. The van der Waals surface area contributed by atoms with Gasteiger partial charge in [0, 0.05) is 0 Å². The summed E-state index contributed by atoms with van der Waals surface area (Å²) in [7, 11) is 0. The minimum atomic E-state index is -0.631. The highest BCUT2D eigenvalue weighted by atomic mass is 35.5. The maximum Gasteiger partial charge on any atom is 0.319 e. The highest BCUT2D eigenvalue weighted by molar-refractivity contribution is 6.42. The van der Waals surface area contributed by atoms with Crippen molar-refractivity contribution in [1.29, 1.82) is 0 Å². The molecule has 106 valence electrons. The molecule has 1 N–H and O–H groups in total. The summed E-state index contributed by atoms with van der Waals surface area (Å²) >= 11 is 12.0. The van der Waals surface area contributed by atoms with Gasteiger partial charge in [-0.3, -0.25) is 4.79 Å². The minimum absolute atomic E-state index is 0.206. The topological polar surface area (TPSA) is 55.0 Å². The zero-order valence-corrected chi connectivity index (χ0v) is 12.5. The number of nitrogens with zero attached hydrogens (tertiary/aromatic N) is 1. The quantitative estimate of drug-likeness (QED) is 0.876. The first kappa shape index (κ1) is 13.7. The largest absolute Gasteiger partial charge is 0.465 e. The second kappa shape index (κ2) is 4.93. The molecule has 1 aromatic heterocycles. The first-order valence-corrected chi connectivity index (χ1v) is 7.35. The number of halogens is 2. The number of H-pyrrole nitrogens is 1. The molecular formula is C14H14Cl2N2O2. The summed E-state index contributed by atoms with van der Waals surface area (Å²) < 4.78 is 5.20. The third kappa shape index (κ3) is 1.98. The Morgan fingerprint density at radius 1 is 1.40 bits per heavy atom. The van der Waals surface area contributed by atoms with Crippen molar-refractivity contribution >= 4 is 40.2 Å². The summed E-state index contributed by atoms with van der Waals surface area (Å²) in [6.45, 7) is 2.18. The fraction of sp³-hybridized carbons (Fsp3) is 0.429. The molecule has 0 unspecified atom stereocenters. The van der Waals surface area contributed by atoms with Crippen LogP contribution in [0.15, 0.2) is 12.1 Å². The molecular weight excluding hydrogens is 299 g/mol. The number of rotatable bonds is 3. The van der Waals surface area contributed by atoms with Crippen molar-refractivity contribution in [3.63, 3.8) is 0 Å². The molecule has 4 nitrogen and oxygen atoms in total. The molecule has 1 saturated carbocycles. The van der Waals surface area contributed by atoms with E-state index in [4.69, 9.17) is 27.9 Å². The van der Waals surface area contributed by atoms with Gasteiger partial charge in [-0.15, -0.1) is 0 Å². The molecule has 20 heavy (non-hydrogen) atoms. The SMILES string of the molecule is CCOC(=O)C1(c2nc3cc(Cl)c(Cl)cc3[nH]2)CCC1. The van der Waals surface area contributed by atoms with Gasteiger partial charge in [0.05, 0.1) is 27.7 Å². The van der Waals surface area contributed by atoms with Crippen LogP contribution in [0.4, 0.5) is 0 Å². The van der Waals surface area contributed by atoms with Gasteiger partial charge in [-0.1, -0.05) is 29.6 Å². The molecule has 1 aliphatic rings. The van der Waals surface area contributed by atoms with Crippen LogP contribution in [0.1, 0.15) is 32.0 Å². The number of benzene rings is 1. The lowest BCUT2D eigenvalue weighted by Gasteiger charge is -2.37. The summed E-state index contributed by atoms with van der Waals surface area (Å²) in [6.07, 6.45) is 2.51. The lowest BCUT2D eigenvalue weighted by atomic mass is 9.68. The number of aromatic amines is 1. The van der Waals surface area contributed by atoms with Crippen LogP contribution in [0.25, 0.3) is 11.0 Å². The third-order valence-corrected chi connectivity index (χ3v) is 4.57. The van der Waals surface area contributed by atoms with Gasteiger partial charge in [0.15, 0.2) is 0 Å². The number of fused-ring (bicyclic) bond motifs is 1. The molecule has 0 spiro atoms. The summed E-state index contributed by atoms with van der Waals surface area (Å²) in [5, 5.41) is 0.921. The number of aromatic nitrogens is 2. The number of imidazole rings is 1. The van der Waals surface area contributed by atoms with E-state index in [1.807, 2.05) is 6.92 Å². The highest BCUT2D eigenvalue weighted by Crippen LogP contribution is 2.44. The van der Waals surface area contributed by atoms with Gasteiger partial charge < -0.3 is 9.72 Å². The van der Waals surface area contributed by atoms with Gasteiger partial charge in [-0.25, -0.2) is 4.98 Å². The summed E-state index contributed by atoms with van der Waals surface area (Å²) in [5.74, 6) is 0.443. The van der Waals surface area contributed by atoms with Crippen molar-refractivity contribution in [2.45, 2.75) is 31.6 Å². The summed E-state index contributed by atoms with van der Waals surface area (Å²) in [5.41, 5.74) is 0.864. The van der Waals surface area contributed by atoms with Crippen LogP contribution in [0.3, 0.4) is 0 Å². The Hall–Kier alpha value is -1.26. The molecule has 0 bridgehead atoms. The van der Waals surface area contributed by atoms with E-state index in [2.05, 4.69) is 9.97 Å². The second-order valence-corrected chi connectivity index (χ2v) is 5.84. The van der Waals surface area contributed by atoms with Crippen molar-refractivity contribution in [3.8, 4) is 0 Å². The lowest BCUT2D eigenvalue weighted by molar-refractivity contribution is -0.154. The molecule has 3 rings (SSSR count). The van der Waals surface area contributed by atoms with E-state index in [9.17, 15) is 4.79 Å². The van der Waals surface area contributed by atoms with E-state index in [1.54, 1.807) is 12.1 Å². The fourth-order valence-electron chi connectivity index (χ4n) is 2.57. The number of ether oxygens (including phenoxy) is 1. The average molecular weight is 313 g/mol. The summed E-state index contributed by atoms with van der Waals surface area (Å²) in [6, 6.07) is 3.43. The molecule has 0 amide bonds. The smallest absolute Gasteiger partial charge is 0.319 e. The van der Waals surface area contributed by atoms with Gasteiger partial charge in [0.2, 0.25) is 0 Å². The highest BCUT2D eigenvalue weighted by Gasteiger charge is 2.49. The van der Waals surface area contributed by atoms with E-state index in [-0.39, 0.29) is 5.97 Å². The molecule has 0 radical (unpaired) electrons. The first-order chi connectivity index (χ1) is 9.56. The number of nitrogens with one attached hydrogen (secondary N) is 1. The fourth-order valence-corrected chi connectivity index (χ4v) is 2.89. The van der Waals surface area contributed by atoms with E-state index in [1.165, 1.54) is 0 Å². The number of carbonyl (C=O) groups excluding carboxylic acids is 1. The van der Waals surface area contributed by atoms with E-state index >= 15 is 0 Å². The Labute approximate surface area is 126 Å². The van der Waals surface area contributed by atoms with Crippen molar-refractivity contribution < 1.29 is 9.53 Å². The van der Waals surface area contributed by atoms with Gasteiger partial charge >= 0.3 is 5.97 Å². The van der Waals surface area contributed by atoms with E-state index < -0.39 is 5.41 Å². The van der Waals surface area contributed by atoms with Gasteiger partial charge in [0.1, 0.15) is 11.2 Å². The molecule has 1 fully saturated rings. The van der Waals surface area contributed by atoms with E-state index in [0.717, 1.165) is 24.8 Å². The number of hydrogen-bond donors (Lipinski definition) is 1. The van der Waals surface area contributed by atoms with Crippen molar-refractivity contribution in [2.24, 2.45) is 0 Å². The molecule has 6 heteroatoms. The number of carbonyl (C=O) groups is 1. The molecule has 0 atom stereocenters. The van der Waals surface area contributed by atoms with Crippen LogP contribution in [-0.4, -0.2) is 22.5 Å². The van der Waals surface area contributed by atoms with Crippen LogP contribution in [0, 0.1) is 0 Å². The first-order valence-electron chi connectivity index (χ1n) is 6.59. The monoisotopic (exact) mass is 312 g/mol. The molecule has 0 aliphatic heterocycles. The zero-order chi connectivity index (χ0) is 14.3. The van der Waals surface area contributed by atoms with Crippen LogP contribution in [0.2, 0.25) is 10.0 Å². The van der Waals surface area contributed by atoms with E-state index in [0.29, 0.717) is 28.0 Å². The predicted octanol–water partition coefficient (Wildman–Crippen LogP) is 3.85. The molecule has 1 aliphatic carbocycles. The zero-order valence-electron chi connectivity index (χ0n) is 11.0. The summed E-state index contributed by atoms with van der Waals surface area (Å²) in [4.78, 5) is 19.9. The maximum atomic E-state index is 12.2. The van der Waals surface area contributed by atoms with Gasteiger partial charge in [-0.05, 0) is 31.9 Å². The minimum Gasteiger partial charge on any atom is -0.465 e. The Bertz CT molecular complexity index is 638. The normalized spacial score (nSPS) is 16.9. The van der Waals surface area contributed by atoms with Crippen LogP contribution in [-0.2, 0) is 14.9 Å². The third-order valence-electron chi connectivity index (χ3n) is 3.85. The van der Waals surface area contributed by atoms with Gasteiger partial charge in [0.25, 0.3) is 0 Å². The van der Waals surface area contributed by atoms with Crippen molar-refractivity contribution in [2.75, 3.05) is 6.61 Å². The Morgan fingerprint density at radius 2 is 2.10 bits per heavy atom. The Morgan fingerprint density at radius 3 is 2.70 bits per heavy atom. The lowest BCUT2D eigenvalue weighted by Crippen LogP contribution is -2.44. The van der Waals surface area contributed by atoms with Crippen LogP contribution in [0.5, 0.6) is 0 Å².